The van der Waals surface area contributed by atoms with Crippen LogP contribution in [0, 0.1) is 5.82 Å². The zero-order valence-electron chi connectivity index (χ0n) is 15.9. The van der Waals surface area contributed by atoms with Gasteiger partial charge in [0.05, 0.1) is 13.1 Å². The minimum absolute atomic E-state index is 0.102. The summed E-state index contributed by atoms with van der Waals surface area (Å²) in [5, 5.41) is 2.78. The SMILES string of the molecule is CCn1c(=O)c(C(=O)CNc2cccc(F)c2)c(N)n(Cc2ccccc2)c1=O. The summed E-state index contributed by atoms with van der Waals surface area (Å²) < 4.78 is 15.5. The van der Waals surface area contributed by atoms with Crippen LogP contribution in [-0.4, -0.2) is 21.5 Å². The number of carbonyl (C=O) groups is 1. The Kier molecular flexibility index (Phi) is 5.92. The second-order valence-electron chi connectivity index (χ2n) is 6.45. The molecule has 0 unspecified atom stereocenters. The van der Waals surface area contributed by atoms with Crippen molar-refractivity contribution in [3.05, 3.63) is 92.4 Å². The van der Waals surface area contributed by atoms with Crippen molar-refractivity contribution < 1.29 is 9.18 Å². The van der Waals surface area contributed by atoms with Gasteiger partial charge >= 0.3 is 5.69 Å². The Morgan fingerprint density at radius 3 is 2.45 bits per heavy atom. The highest BCUT2D eigenvalue weighted by Crippen LogP contribution is 2.12. The van der Waals surface area contributed by atoms with E-state index in [4.69, 9.17) is 5.73 Å². The summed E-state index contributed by atoms with van der Waals surface area (Å²) in [7, 11) is 0. The molecule has 8 heteroatoms. The minimum atomic E-state index is -0.731. The Labute approximate surface area is 166 Å². The van der Waals surface area contributed by atoms with Crippen LogP contribution in [0.2, 0.25) is 0 Å². The van der Waals surface area contributed by atoms with E-state index in [9.17, 15) is 18.8 Å². The maximum absolute atomic E-state index is 13.3. The third-order valence-corrected chi connectivity index (χ3v) is 4.52. The number of aromatic nitrogens is 2. The van der Waals surface area contributed by atoms with Crippen LogP contribution in [-0.2, 0) is 13.1 Å². The Morgan fingerprint density at radius 2 is 1.79 bits per heavy atom. The smallest absolute Gasteiger partial charge is 0.332 e. The fraction of sp³-hybridized carbons (Fsp3) is 0.190. The average Bonchev–Trinajstić information content (AvgIpc) is 2.71. The molecule has 0 radical (unpaired) electrons. The minimum Gasteiger partial charge on any atom is -0.384 e. The van der Waals surface area contributed by atoms with Gasteiger partial charge in [0, 0.05) is 12.2 Å². The van der Waals surface area contributed by atoms with Gasteiger partial charge in [-0.15, -0.1) is 0 Å². The number of carbonyl (C=O) groups excluding carboxylic acids is 1. The van der Waals surface area contributed by atoms with Crippen molar-refractivity contribution in [1.82, 2.24) is 9.13 Å². The van der Waals surface area contributed by atoms with E-state index in [1.54, 1.807) is 13.0 Å². The van der Waals surface area contributed by atoms with E-state index in [1.807, 2.05) is 30.3 Å². The highest BCUT2D eigenvalue weighted by atomic mass is 19.1. The molecular weight excluding hydrogens is 375 g/mol. The van der Waals surface area contributed by atoms with E-state index in [-0.39, 0.29) is 31.0 Å². The molecule has 7 nitrogen and oxygen atoms in total. The first-order valence-corrected chi connectivity index (χ1v) is 9.12. The molecule has 0 aliphatic rings. The number of nitrogens with zero attached hydrogens (tertiary/aromatic N) is 2. The zero-order valence-corrected chi connectivity index (χ0v) is 15.9. The van der Waals surface area contributed by atoms with Gasteiger partial charge in [-0.2, -0.15) is 0 Å². The monoisotopic (exact) mass is 396 g/mol. The van der Waals surface area contributed by atoms with E-state index in [0.717, 1.165) is 10.1 Å². The van der Waals surface area contributed by atoms with Gasteiger partial charge in [0.2, 0.25) is 0 Å². The van der Waals surface area contributed by atoms with Gasteiger partial charge in [-0.1, -0.05) is 36.4 Å². The summed E-state index contributed by atoms with van der Waals surface area (Å²) in [6.07, 6.45) is 0. The second-order valence-corrected chi connectivity index (χ2v) is 6.45. The van der Waals surface area contributed by atoms with Crippen LogP contribution in [0.5, 0.6) is 0 Å². The van der Waals surface area contributed by atoms with Gasteiger partial charge < -0.3 is 11.1 Å². The van der Waals surface area contributed by atoms with E-state index in [2.05, 4.69) is 5.32 Å². The summed E-state index contributed by atoms with van der Waals surface area (Å²) in [6.45, 7) is 1.61. The van der Waals surface area contributed by atoms with Crippen LogP contribution >= 0.6 is 0 Å². The van der Waals surface area contributed by atoms with Gasteiger partial charge in [0.15, 0.2) is 5.78 Å². The largest absolute Gasteiger partial charge is 0.384 e. The molecule has 0 aliphatic heterocycles. The van der Waals surface area contributed by atoms with Gasteiger partial charge in [-0.3, -0.25) is 18.7 Å². The van der Waals surface area contributed by atoms with Crippen LogP contribution in [0.3, 0.4) is 0 Å². The van der Waals surface area contributed by atoms with Crippen molar-refractivity contribution in [3.8, 4) is 0 Å². The van der Waals surface area contributed by atoms with Crippen molar-refractivity contribution in [2.45, 2.75) is 20.0 Å². The van der Waals surface area contributed by atoms with Gasteiger partial charge in [0.1, 0.15) is 17.2 Å². The molecule has 0 fully saturated rings. The number of nitrogens with one attached hydrogen (secondary N) is 1. The number of nitrogen functional groups attached to an aromatic ring is 1. The van der Waals surface area contributed by atoms with Crippen molar-refractivity contribution in [2.75, 3.05) is 17.6 Å². The molecule has 0 saturated carbocycles. The summed E-state index contributed by atoms with van der Waals surface area (Å²) in [5.41, 5.74) is 5.73. The lowest BCUT2D eigenvalue weighted by atomic mass is 10.1. The van der Waals surface area contributed by atoms with Crippen LogP contribution in [0.1, 0.15) is 22.8 Å². The lowest BCUT2D eigenvalue weighted by molar-refractivity contribution is 0.100. The average molecular weight is 396 g/mol. The maximum atomic E-state index is 13.3. The number of anilines is 2. The highest BCUT2D eigenvalue weighted by molar-refractivity contribution is 6.02. The van der Waals surface area contributed by atoms with Crippen LogP contribution in [0.4, 0.5) is 15.9 Å². The normalized spacial score (nSPS) is 10.7. The summed E-state index contributed by atoms with van der Waals surface area (Å²) in [6, 6.07) is 14.7. The molecule has 0 saturated heterocycles. The molecule has 0 spiro atoms. The molecule has 3 rings (SSSR count). The Morgan fingerprint density at radius 1 is 1.07 bits per heavy atom. The molecule has 150 valence electrons. The molecule has 29 heavy (non-hydrogen) atoms. The van der Waals surface area contributed by atoms with Gasteiger partial charge in [-0.25, -0.2) is 9.18 Å². The van der Waals surface area contributed by atoms with Crippen molar-refractivity contribution in [1.29, 1.82) is 0 Å². The Bertz CT molecular complexity index is 1150. The summed E-state index contributed by atoms with van der Waals surface area (Å²) in [5.74, 6) is -1.22. The van der Waals surface area contributed by atoms with Crippen LogP contribution < -0.4 is 22.3 Å². The second kappa shape index (κ2) is 8.55. The van der Waals surface area contributed by atoms with E-state index >= 15 is 0 Å². The van der Waals surface area contributed by atoms with Gasteiger partial charge in [-0.05, 0) is 30.7 Å². The van der Waals surface area contributed by atoms with Crippen LogP contribution in [0.25, 0.3) is 0 Å². The quantitative estimate of drug-likeness (QED) is 0.596. The number of ketones is 1. The van der Waals surface area contributed by atoms with Crippen molar-refractivity contribution in [3.63, 3.8) is 0 Å². The molecule has 0 aliphatic carbocycles. The fourth-order valence-corrected chi connectivity index (χ4v) is 3.04. The van der Waals surface area contributed by atoms with E-state index in [1.165, 1.54) is 22.8 Å². The number of nitrogens with two attached hydrogens (primary N) is 1. The molecule has 2 aromatic carbocycles. The predicted octanol–water partition coefficient (Wildman–Crippen LogP) is 2.09. The van der Waals surface area contributed by atoms with Crippen molar-refractivity contribution in [2.24, 2.45) is 0 Å². The molecule has 0 bridgehead atoms. The first-order chi connectivity index (χ1) is 13.9. The summed E-state index contributed by atoms with van der Waals surface area (Å²) in [4.78, 5) is 38.2. The first-order valence-electron chi connectivity index (χ1n) is 9.12. The number of halogens is 1. The molecule has 1 aromatic heterocycles. The van der Waals surface area contributed by atoms with Gasteiger partial charge in [0.25, 0.3) is 5.56 Å². The number of hydrogen-bond acceptors (Lipinski definition) is 5. The molecule has 0 amide bonds. The fourth-order valence-electron chi connectivity index (χ4n) is 3.04. The predicted molar refractivity (Wildman–Crippen MR) is 110 cm³/mol. The summed E-state index contributed by atoms with van der Waals surface area (Å²) >= 11 is 0. The maximum Gasteiger partial charge on any atom is 0.332 e. The molecule has 1 heterocycles. The van der Waals surface area contributed by atoms with E-state index in [0.29, 0.717) is 5.69 Å². The lowest BCUT2D eigenvalue weighted by Gasteiger charge is -2.16. The number of Topliss-reactive ketones (excluding diaryl/α,β-unsaturated/α-hetero) is 1. The molecule has 0 atom stereocenters. The standard InChI is InChI=1S/C21H21FN4O3/c1-2-25-20(28)18(17(27)12-24-16-10-6-9-15(22)11-16)19(23)26(21(25)29)13-14-7-4-3-5-8-14/h3-11,24H,2,12-13,23H2,1H3. The zero-order chi connectivity index (χ0) is 21.0. The highest BCUT2D eigenvalue weighted by Gasteiger charge is 2.22. The lowest BCUT2D eigenvalue weighted by Crippen LogP contribution is -2.44. The Hall–Kier alpha value is -3.68. The third-order valence-electron chi connectivity index (χ3n) is 4.52. The topological polar surface area (TPSA) is 99.1 Å². The molecule has 3 aromatic rings. The third kappa shape index (κ3) is 4.26. The number of benzene rings is 2. The Balaban J connectivity index is 1.99. The van der Waals surface area contributed by atoms with Crippen molar-refractivity contribution >= 4 is 17.3 Å². The first kappa shape index (κ1) is 20.1. The molecule has 3 N–H and O–H groups in total. The number of rotatable bonds is 7. The van der Waals surface area contributed by atoms with Crippen LogP contribution in [0.15, 0.2) is 64.2 Å². The molecular formula is C21H21FN4O3. The number of hydrogen-bond donors (Lipinski definition) is 2. The van der Waals surface area contributed by atoms with E-state index < -0.39 is 22.8 Å².